The molecule has 2 aliphatic heterocycles. The van der Waals surface area contributed by atoms with Crippen molar-refractivity contribution < 1.29 is 32.2 Å². The number of nitrogens with one attached hydrogen (secondary N) is 1. The van der Waals surface area contributed by atoms with Gasteiger partial charge in [-0.2, -0.15) is 0 Å². The van der Waals surface area contributed by atoms with Gasteiger partial charge in [-0.25, -0.2) is 17.9 Å². The number of hydrogen-bond acceptors (Lipinski definition) is 8. The average Bonchev–Trinajstić information content (AvgIpc) is 3.00. The van der Waals surface area contributed by atoms with Crippen molar-refractivity contribution in [2.45, 2.75) is 82.2 Å². The van der Waals surface area contributed by atoms with Crippen LogP contribution in [0, 0.1) is 11.8 Å². The minimum Gasteiger partial charge on any atom is -0.487 e. The van der Waals surface area contributed by atoms with Crippen molar-refractivity contribution in [1.29, 1.82) is 0 Å². The Kier molecular flexibility index (Phi) is 10.2. The van der Waals surface area contributed by atoms with Crippen molar-refractivity contribution in [3.05, 3.63) is 64.7 Å². The number of rotatable bonds is 1. The Labute approximate surface area is 277 Å². The molecule has 0 spiro atoms. The first-order valence-electron chi connectivity index (χ1n) is 15.8. The Bertz CT molecular complexity index is 1590. The number of carbonyl (C=O) groups excluding carboxylic acids is 2. The number of benzene rings is 2. The van der Waals surface area contributed by atoms with Gasteiger partial charge in [-0.05, 0) is 106 Å². The Hall–Kier alpha value is -3.28. The number of amides is 2. The number of hydrogen-bond donors (Lipinski definition) is 1. The van der Waals surface area contributed by atoms with E-state index in [9.17, 15) is 18.0 Å². The van der Waals surface area contributed by atoms with Crippen LogP contribution in [-0.4, -0.2) is 70.3 Å². The summed E-state index contributed by atoms with van der Waals surface area (Å²) in [7, 11) is -0.947. The number of nitrogens with zero attached hydrogens (tertiary/aromatic N) is 2. The first kappa shape index (κ1) is 34.1. The van der Waals surface area contributed by atoms with Gasteiger partial charge in [-0.1, -0.05) is 23.7 Å². The first-order valence-corrected chi connectivity index (χ1v) is 17.7. The van der Waals surface area contributed by atoms with E-state index in [1.807, 2.05) is 24.3 Å². The van der Waals surface area contributed by atoms with Crippen molar-refractivity contribution in [3.8, 4) is 5.75 Å². The predicted octanol–water partition coefficient (Wildman–Crippen LogP) is 5.71. The summed E-state index contributed by atoms with van der Waals surface area (Å²) in [6.45, 7) is 6.36. The van der Waals surface area contributed by atoms with Gasteiger partial charge >= 0.3 is 6.09 Å². The Morgan fingerprint density at radius 3 is 2.59 bits per heavy atom. The van der Waals surface area contributed by atoms with Gasteiger partial charge < -0.3 is 24.0 Å². The van der Waals surface area contributed by atoms with Crippen LogP contribution in [0.4, 0.5) is 10.5 Å². The van der Waals surface area contributed by atoms with Gasteiger partial charge in [0.25, 0.3) is 15.9 Å². The van der Waals surface area contributed by atoms with E-state index < -0.39 is 39.8 Å². The van der Waals surface area contributed by atoms with Crippen molar-refractivity contribution in [1.82, 2.24) is 9.62 Å². The smallest absolute Gasteiger partial charge is 0.409 e. The highest BCUT2D eigenvalue weighted by Gasteiger charge is 2.40. The van der Waals surface area contributed by atoms with E-state index in [1.165, 1.54) is 24.8 Å². The highest BCUT2D eigenvalue weighted by Crippen LogP contribution is 2.42. The highest BCUT2D eigenvalue weighted by atomic mass is 35.5. The normalized spacial score (nSPS) is 26.8. The average molecular weight is 674 g/mol. The molecule has 2 aromatic carbocycles. The van der Waals surface area contributed by atoms with Crippen LogP contribution in [0.2, 0.25) is 5.02 Å². The summed E-state index contributed by atoms with van der Waals surface area (Å²) in [6.07, 6.45) is 6.48. The topological polar surface area (TPSA) is 114 Å². The minimum absolute atomic E-state index is 0.0393. The number of aryl methyl sites for hydroxylation is 1. The van der Waals surface area contributed by atoms with Crippen molar-refractivity contribution in [2.24, 2.45) is 11.8 Å². The molecule has 0 aromatic heterocycles. The third-order valence-electron chi connectivity index (χ3n) is 9.04. The molecule has 250 valence electrons. The largest absolute Gasteiger partial charge is 0.487 e. The molecule has 4 atom stereocenters. The monoisotopic (exact) mass is 673 g/mol. The number of carbonyl (C=O) groups is 2. The summed E-state index contributed by atoms with van der Waals surface area (Å²) in [6, 6.07) is 10.5. The van der Waals surface area contributed by atoms with Crippen LogP contribution in [0.25, 0.3) is 0 Å². The second-order valence-corrected chi connectivity index (χ2v) is 15.3. The fourth-order valence-electron chi connectivity index (χ4n) is 6.24. The Morgan fingerprint density at radius 1 is 1.09 bits per heavy atom. The number of halogens is 1. The van der Waals surface area contributed by atoms with E-state index in [0.717, 1.165) is 43.2 Å². The molecule has 5 rings (SSSR count). The van der Waals surface area contributed by atoms with Crippen LogP contribution in [0.3, 0.4) is 0 Å². The maximum Gasteiger partial charge on any atom is 0.409 e. The van der Waals surface area contributed by atoms with E-state index in [2.05, 4.69) is 9.62 Å². The molecule has 1 saturated carbocycles. The van der Waals surface area contributed by atoms with Crippen LogP contribution in [0.5, 0.6) is 5.75 Å². The minimum atomic E-state index is -4.24. The summed E-state index contributed by atoms with van der Waals surface area (Å²) in [5.74, 6) is -0.0519. The molecule has 1 fully saturated rings. The van der Waals surface area contributed by atoms with Gasteiger partial charge in [0.1, 0.15) is 24.1 Å². The summed E-state index contributed by atoms with van der Waals surface area (Å²) in [5, 5.41) is 0.675. The lowest BCUT2D eigenvalue weighted by molar-refractivity contribution is -0.144. The van der Waals surface area contributed by atoms with Gasteiger partial charge in [0, 0.05) is 38.1 Å². The molecule has 12 heteroatoms. The highest BCUT2D eigenvalue weighted by molar-refractivity contribution is 7.90. The fraction of sp³-hybridized carbons (Fsp3) is 0.529. The van der Waals surface area contributed by atoms with Crippen LogP contribution < -0.4 is 14.4 Å². The van der Waals surface area contributed by atoms with Crippen LogP contribution in [0.15, 0.2) is 53.4 Å². The van der Waals surface area contributed by atoms with E-state index in [-0.39, 0.29) is 16.7 Å². The van der Waals surface area contributed by atoms with Gasteiger partial charge in [-0.15, -0.1) is 0 Å². The van der Waals surface area contributed by atoms with E-state index >= 15 is 0 Å². The maximum atomic E-state index is 13.6. The Balaban J connectivity index is 1.57. The Morgan fingerprint density at radius 2 is 1.87 bits per heavy atom. The summed E-state index contributed by atoms with van der Waals surface area (Å²) in [4.78, 5) is 29.5. The van der Waals surface area contributed by atoms with Gasteiger partial charge in [-0.3, -0.25) is 4.79 Å². The van der Waals surface area contributed by atoms with Crippen LogP contribution >= 0.6 is 11.6 Å². The quantitative estimate of drug-likeness (QED) is 0.383. The third-order valence-corrected chi connectivity index (χ3v) is 10.6. The second kappa shape index (κ2) is 13.8. The number of ether oxygens (including phenoxy) is 3. The van der Waals surface area contributed by atoms with E-state index in [4.69, 9.17) is 25.8 Å². The van der Waals surface area contributed by atoms with E-state index in [1.54, 1.807) is 39.2 Å². The van der Waals surface area contributed by atoms with Crippen LogP contribution in [-0.2, 0) is 37.3 Å². The zero-order valence-corrected chi connectivity index (χ0v) is 28.7. The molecule has 1 aliphatic carbocycles. The molecule has 1 N–H and O–H groups in total. The molecular weight excluding hydrogens is 630 g/mol. The molecule has 2 amide bonds. The van der Waals surface area contributed by atoms with Gasteiger partial charge in [0.2, 0.25) is 0 Å². The molecule has 1 unspecified atom stereocenters. The number of anilines is 1. The molecule has 3 aliphatic rings. The van der Waals surface area contributed by atoms with Crippen molar-refractivity contribution >= 4 is 39.3 Å². The molecule has 0 saturated heterocycles. The molecule has 10 nitrogen and oxygen atoms in total. The van der Waals surface area contributed by atoms with Crippen molar-refractivity contribution in [3.63, 3.8) is 0 Å². The van der Waals surface area contributed by atoms with Crippen molar-refractivity contribution in [2.75, 3.05) is 32.1 Å². The van der Waals surface area contributed by atoms with Crippen LogP contribution in [0.1, 0.15) is 57.6 Å². The summed E-state index contributed by atoms with van der Waals surface area (Å²) in [5.41, 5.74) is 1.30. The molecule has 2 bridgehead atoms. The lowest BCUT2D eigenvalue weighted by atomic mass is 9.70. The lowest BCUT2D eigenvalue weighted by Gasteiger charge is -2.43. The zero-order chi connectivity index (χ0) is 33.2. The third kappa shape index (κ3) is 7.81. The molecule has 2 aromatic rings. The molecule has 2 heterocycles. The predicted molar refractivity (Wildman–Crippen MR) is 177 cm³/mol. The zero-order valence-electron chi connectivity index (χ0n) is 27.1. The SMILES string of the molecule is CC1/C=C/[C@H](OC(=O)N(C)C)[C@@H]2CC[C@H]2CN2CCCCc3cc(Cl)ccc3COc3ccc(cc32)S(=O)(=O)NC(=O)C(C)(C)O1. The summed E-state index contributed by atoms with van der Waals surface area (Å²) >= 11 is 6.32. The molecular formula is C34H44ClN3O7S. The standard InChI is InChI=1S/C34H44ClN3O7S/c1-22-9-15-30(44-33(40)37(4)5)28-14-11-24(28)20-38-17-7-6-8-23-18-26(35)12-10-25(23)21-43-31-16-13-27(19-29(31)38)46(41,42)36-32(39)34(2,3)45-22/h9-10,12-13,15-16,18-19,22,24,28,30H,6-8,11,14,17,20-21H2,1-5H3,(H,36,39)/b15-9+/t22?,24-,28+,30-/m0/s1. The maximum absolute atomic E-state index is 13.6. The van der Waals surface area contributed by atoms with Gasteiger partial charge in [0.15, 0.2) is 0 Å². The fourth-order valence-corrected chi connectivity index (χ4v) is 7.56. The second-order valence-electron chi connectivity index (χ2n) is 13.1. The number of fused-ring (bicyclic) bond motifs is 3. The van der Waals surface area contributed by atoms with E-state index in [0.29, 0.717) is 36.2 Å². The molecule has 46 heavy (non-hydrogen) atoms. The first-order chi connectivity index (χ1) is 21.7. The van der Waals surface area contributed by atoms with Gasteiger partial charge in [0.05, 0.1) is 16.7 Å². The lowest BCUT2D eigenvalue weighted by Crippen LogP contribution is -2.48. The summed E-state index contributed by atoms with van der Waals surface area (Å²) < 4.78 is 47.8. The number of sulfonamides is 1. The molecule has 0 radical (unpaired) electrons.